The van der Waals surface area contributed by atoms with Crippen molar-refractivity contribution < 1.29 is 9.72 Å². The third-order valence-electron chi connectivity index (χ3n) is 3.93. The number of nitro groups is 1. The number of nitrogens with zero attached hydrogens (tertiary/aromatic N) is 2. The van der Waals surface area contributed by atoms with E-state index in [1.54, 1.807) is 31.0 Å². The highest BCUT2D eigenvalue weighted by molar-refractivity contribution is 5.90. The molecule has 0 aromatic heterocycles. The molecule has 0 radical (unpaired) electrons. The molecule has 120 valence electrons. The summed E-state index contributed by atoms with van der Waals surface area (Å²) in [5.74, 6) is 0. The van der Waals surface area contributed by atoms with E-state index in [1.807, 2.05) is 37.3 Å². The zero-order chi connectivity index (χ0) is 17.0. The first-order valence-corrected chi connectivity index (χ1v) is 7.24. The van der Waals surface area contributed by atoms with E-state index in [0.717, 1.165) is 5.56 Å². The molecular formula is C17H19N3O3. The van der Waals surface area contributed by atoms with Crippen LogP contribution < -0.4 is 5.32 Å². The second kappa shape index (κ2) is 6.91. The third-order valence-corrected chi connectivity index (χ3v) is 3.93. The second-order valence-electron chi connectivity index (χ2n) is 5.33. The molecule has 0 saturated carbocycles. The largest absolute Gasteiger partial charge is 0.322 e. The molecule has 0 unspecified atom stereocenters. The van der Waals surface area contributed by atoms with Crippen molar-refractivity contribution in [2.24, 2.45) is 0 Å². The standard InChI is InChI=1S/C17H19N3O3/c1-12-15(10-7-11-16(12)20(22)23)18-17(21)19(3)13(2)14-8-5-4-6-9-14/h4-11,13H,1-3H3,(H,18,21)/t13-/m0/s1. The van der Waals surface area contributed by atoms with Gasteiger partial charge in [-0.25, -0.2) is 4.79 Å². The first kappa shape index (κ1) is 16.5. The van der Waals surface area contributed by atoms with Crippen molar-refractivity contribution in [2.45, 2.75) is 19.9 Å². The Morgan fingerprint density at radius 3 is 2.43 bits per heavy atom. The van der Waals surface area contributed by atoms with E-state index in [1.165, 1.54) is 6.07 Å². The lowest BCUT2D eigenvalue weighted by molar-refractivity contribution is -0.385. The van der Waals surface area contributed by atoms with Crippen LogP contribution in [-0.4, -0.2) is 22.9 Å². The van der Waals surface area contributed by atoms with Crippen molar-refractivity contribution in [3.05, 3.63) is 69.8 Å². The van der Waals surface area contributed by atoms with E-state index >= 15 is 0 Å². The number of amides is 2. The smallest absolute Gasteiger partial charge is 0.321 e. The summed E-state index contributed by atoms with van der Waals surface area (Å²) in [5, 5.41) is 13.7. The number of carbonyl (C=O) groups is 1. The molecule has 23 heavy (non-hydrogen) atoms. The fourth-order valence-electron chi connectivity index (χ4n) is 2.29. The van der Waals surface area contributed by atoms with E-state index < -0.39 is 4.92 Å². The Morgan fingerprint density at radius 1 is 1.17 bits per heavy atom. The summed E-state index contributed by atoms with van der Waals surface area (Å²) in [5.41, 5.74) is 1.88. The van der Waals surface area contributed by atoms with Gasteiger partial charge >= 0.3 is 6.03 Å². The fourth-order valence-corrected chi connectivity index (χ4v) is 2.29. The van der Waals surface area contributed by atoms with Crippen LogP contribution in [0.2, 0.25) is 0 Å². The molecule has 0 aliphatic rings. The number of rotatable bonds is 4. The number of anilines is 1. The SMILES string of the molecule is Cc1c(NC(=O)N(C)[C@@H](C)c2ccccc2)cccc1[N+](=O)[O-]. The summed E-state index contributed by atoms with van der Waals surface area (Å²) in [6, 6.07) is 13.9. The van der Waals surface area contributed by atoms with Crippen molar-refractivity contribution >= 4 is 17.4 Å². The molecule has 0 bridgehead atoms. The molecule has 0 aliphatic heterocycles. The maximum atomic E-state index is 12.4. The average molecular weight is 313 g/mol. The van der Waals surface area contributed by atoms with Crippen molar-refractivity contribution in [2.75, 3.05) is 12.4 Å². The van der Waals surface area contributed by atoms with Crippen molar-refractivity contribution in [1.82, 2.24) is 4.90 Å². The Labute approximate surface area is 134 Å². The van der Waals surface area contributed by atoms with Gasteiger partial charge in [0.15, 0.2) is 0 Å². The van der Waals surface area contributed by atoms with Crippen molar-refractivity contribution in [3.63, 3.8) is 0 Å². The van der Waals surface area contributed by atoms with Crippen LogP contribution in [0.1, 0.15) is 24.1 Å². The predicted molar refractivity (Wildman–Crippen MR) is 89.5 cm³/mol. The molecule has 2 aromatic rings. The minimum atomic E-state index is -0.457. The van der Waals surface area contributed by atoms with Gasteiger partial charge in [-0.15, -0.1) is 0 Å². The van der Waals surface area contributed by atoms with Gasteiger partial charge in [0.05, 0.1) is 22.2 Å². The quantitative estimate of drug-likeness (QED) is 0.681. The minimum absolute atomic E-state index is 0.0124. The van der Waals surface area contributed by atoms with E-state index in [9.17, 15) is 14.9 Å². The first-order valence-electron chi connectivity index (χ1n) is 7.24. The summed E-state index contributed by atoms with van der Waals surface area (Å²) in [6.45, 7) is 3.55. The van der Waals surface area contributed by atoms with Gasteiger partial charge in [-0.2, -0.15) is 0 Å². The van der Waals surface area contributed by atoms with Crippen LogP contribution in [0, 0.1) is 17.0 Å². The van der Waals surface area contributed by atoms with E-state index in [4.69, 9.17) is 0 Å². The summed E-state index contributed by atoms with van der Waals surface area (Å²) in [6.07, 6.45) is 0. The number of hydrogen-bond acceptors (Lipinski definition) is 3. The van der Waals surface area contributed by atoms with E-state index in [2.05, 4.69) is 5.32 Å². The summed E-state index contributed by atoms with van der Waals surface area (Å²) in [7, 11) is 1.69. The molecule has 1 N–H and O–H groups in total. The molecule has 0 spiro atoms. The number of nitro benzene ring substituents is 1. The summed E-state index contributed by atoms with van der Waals surface area (Å²) < 4.78 is 0. The molecule has 0 heterocycles. The Hall–Kier alpha value is -2.89. The molecular weight excluding hydrogens is 294 g/mol. The lowest BCUT2D eigenvalue weighted by Gasteiger charge is -2.26. The van der Waals surface area contributed by atoms with Gasteiger partial charge in [0, 0.05) is 13.1 Å². The first-order chi connectivity index (χ1) is 10.9. The molecule has 2 amide bonds. The topological polar surface area (TPSA) is 75.5 Å². The highest BCUT2D eigenvalue weighted by Crippen LogP contribution is 2.26. The van der Waals surface area contributed by atoms with Crippen molar-refractivity contribution in [1.29, 1.82) is 0 Å². The van der Waals surface area contributed by atoms with Gasteiger partial charge in [0.25, 0.3) is 5.69 Å². The van der Waals surface area contributed by atoms with Gasteiger partial charge < -0.3 is 10.2 Å². The molecule has 2 rings (SSSR count). The lowest BCUT2D eigenvalue weighted by Crippen LogP contribution is -2.33. The molecule has 6 nitrogen and oxygen atoms in total. The number of nitrogens with one attached hydrogen (secondary N) is 1. The normalized spacial score (nSPS) is 11.6. The Kier molecular flexibility index (Phi) is 4.95. The van der Waals surface area contributed by atoms with Crippen LogP contribution in [-0.2, 0) is 0 Å². The van der Waals surface area contributed by atoms with Crippen LogP contribution in [0.15, 0.2) is 48.5 Å². The third kappa shape index (κ3) is 3.66. The number of carbonyl (C=O) groups excluding carboxylic acids is 1. The number of hydrogen-bond donors (Lipinski definition) is 1. The average Bonchev–Trinajstić information content (AvgIpc) is 2.55. The van der Waals surface area contributed by atoms with Gasteiger partial charge in [0.2, 0.25) is 0 Å². The van der Waals surface area contributed by atoms with Gasteiger partial charge in [0.1, 0.15) is 0 Å². The predicted octanol–water partition coefficient (Wildman–Crippen LogP) is 4.13. The van der Waals surface area contributed by atoms with Crippen LogP contribution in [0.3, 0.4) is 0 Å². The molecule has 0 aliphatic carbocycles. The summed E-state index contributed by atoms with van der Waals surface area (Å²) >= 11 is 0. The van der Waals surface area contributed by atoms with E-state index in [-0.39, 0.29) is 17.8 Å². The monoisotopic (exact) mass is 313 g/mol. The van der Waals surface area contributed by atoms with Crippen molar-refractivity contribution in [3.8, 4) is 0 Å². The van der Waals surface area contributed by atoms with Crippen LogP contribution in [0.4, 0.5) is 16.2 Å². The Balaban J connectivity index is 2.16. The van der Waals surface area contributed by atoms with Gasteiger partial charge in [-0.1, -0.05) is 36.4 Å². The fraction of sp³-hybridized carbons (Fsp3) is 0.235. The molecule has 6 heteroatoms. The molecule has 0 saturated heterocycles. The lowest BCUT2D eigenvalue weighted by atomic mass is 10.1. The van der Waals surface area contributed by atoms with Crippen LogP contribution in [0.5, 0.6) is 0 Å². The van der Waals surface area contributed by atoms with Crippen LogP contribution >= 0.6 is 0 Å². The Bertz CT molecular complexity index is 716. The number of urea groups is 1. The maximum absolute atomic E-state index is 12.4. The number of benzene rings is 2. The molecule has 1 atom stereocenters. The highest BCUT2D eigenvalue weighted by Gasteiger charge is 2.20. The minimum Gasteiger partial charge on any atom is -0.321 e. The van der Waals surface area contributed by atoms with Crippen LogP contribution in [0.25, 0.3) is 0 Å². The summed E-state index contributed by atoms with van der Waals surface area (Å²) in [4.78, 5) is 24.5. The second-order valence-corrected chi connectivity index (χ2v) is 5.33. The molecule has 2 aromatic carbocycles. The zero-order valence-corrected chi connectivity index (χ0v) is 13.3. The van der Waals surface area contributed by atoms with Gasteiger partial charge in [-0.05, 0) is 25.5 Å². The van der Waals surface area contributed by atoms with E-state index in [0.29, 0.717) is 11.3 Å². The highest BCUT2D eigenvalue weighted by atomic mass is 16.6. The van der Waals surface area contributed by atoms with Gasteiger partial charge in [-0.3, -0.25) is 10.1 Å². The Morgan fingerprint density at radius 2 is 1.83 bits per heavy atom. The zero-order valence-electron chi connectivity index (χ0n) is 13.3. The molecule has 0 fully saturated rings. The maximum Gasteiger partial charge on any atom is 0.322 e.